The average molecular weight is 431 g/mol. The van der Waals surface area contributed by atoms with E-state index < -0.39 is 0 Å². The number of anilines is 1. The molecule has 0 atom stereocenters. The lowest BCUT2D eigenvalue weighted by Gasteiger charge is -2.36. The zero-order valence-corrected chi connectivity index (χ0v) is 19.2. The fourth-order valence-corrected chi connectivity index (χ4v) is 4.31. The highest BCUT2D eigenvalue weighted by atomic mass is 32.1. The fourth-order valence-electron chi connectivity index (χ4n) is 3.51. The Hall–Kier alpha value is -2.32. The number of aryl methyl sites for hydroxylation is 1. The van der Waals surface area contributed by atoms with Gasteiger partial charge in [-0.3, -0.25) is 9.89 Å². The van der Waals surface area contributed by atoms with E-state index in [4.69, 9.17) is 4.74 Å². The molecule has 2 heterocycles. The van der Waals surface area contributed by atoms with Gasteiger partial charge < -0.3 is 20.3 Å². The molecule has 0 bridgehead atoms. The highest BCUT2D eigenvalue weighted by molar-refractivity contribution is 7.11. The standard InChI is InChI=1S/C22H34N6OS/c1-4-20-16-25-21(30-20)17-26-22(23-2)24-10-5-11-27-12-14-28(15-13-27)18-6-8-19(29-3)9-7-18/h6-9,16H,4-5,10-15,17H2,1-3H3,(H2,23,24,26). The molecule has 0 amide bonds. The van der Waals surface area contributed by atoms with Crippen molar-refractivity contribution in [1.29, 1.82) is 0 Å². The predicted octanol–water partition coefficient (Wildman–Crippen LogP) is 2.59. The number of nitrogens with zero attached hydrogens (tertiary/aromatic N) is 4. The van der Waals surface area contributed by atoms with Gasteiger partial charge in [-0.05, 0) is 43.7 Å². The summed E-state index contributed by atoms with van der Waals surface area (Å²) in [6.45, 7) is 9.23. The van der Waals surface area contributed by atoms with E-state index in [1.54, 1.807) is 18.4 Å². The van der Waals surface area contributed by atoms with Gasteiger partial charge in [0.05, 0.1) is 13.7 Å². The van der Waals surface area contributed by atoms with E-state index in [2.05, 4.69) is 49.5 Å². The van der Waals surface area contributed by atoms with Gasteiger partial charge in [0.1, 0.15) is 10.8 Å². The minimum atomic E-state index is 0.720. The highest BCUT2D eigenvalue weighted by Crippen LogP contribution is 2.20. The largest absolute Gasteiger partial charge is 0.497 e. The minimum absolute atomic E-state index is 0.720. The molecule has 0 unspecified atom stereocenters. The molecule has 3 rings (SSSR count). The summed E-state index contributed by atoms with van der Waals surface area (Å²) < 4.78 is 5.25. The van der Waals surface area contributed by atoms with Gasteiger partial charge in [-0.2, -0.15) is 0 Å². The summed E-state index contributed by atoms with van der Waals surface area (Å²) in [5.74, 6) is 1.75. The van der Waals surface area contributed by atoms with Crippen molar-refractivity contribution in [3.63, 3.8) is 0 Å². The van der Waals surface area contributed by atoms with Crippen LogP contribution >= 0.6 is 11.3 Å². The third-order valence-corrected chi connectivity index (χ3v) is 6.48. The monoisotopic (exact) mass is 430 g/mol. The van der Waals surface area contributed by atoms with E-state index in [1.807, 2.05) is 25.4 Å². The molecule has 7 nitrogen and oxygen atoms in total. The summed E-state index contributed by atoms with van der Waals surface area (Å²) in [4.78, 5) is 15.1. The number of hydrogen-bond acceptors (Lipinski definition) is 6. The Kier molecular flexibility index (Phi) is 8.77. The van der Waals surface area contributed by atoms with Crippen molar-refractivity contribution in [1.82, 2.24) is 20.5 Å². The Morgan fingerprint density at radius 2 is 1.93 bits per heavy atom. The zero-order chi connectivity index (χ0) is 21.2. The van der Waals surface area contributed by atoms with Crippen LogP contribution in [0.4, 0.5) is 5.69 Å². The topological polar surface area (TPSA) is 65.0 Å². The van der Waals surface area contributed by atoms with Crippen LogP contribution in [0.15, 0.2) is 35.5 Å². The number of aromatic nitrogens is 1. The molecule has 1 aromatic heterocycles. The molecule has 1 aromatic carbocycles. The molecule has 1 fully saturated rings. The quantitative estimate of drug-likeness (QED) is 0.362. The summed E-state index contributed by atoms with van der Waals surface area (Å²) in [5, 5.41) is 7.86. The van der Waals surface area contributed by atoms with Gasteiger partial charge >= 0.3 is 0 Å². The Bertz CT molecular complexity index is 783. The maximum Gasteiger partial charge on any atom is 0.191 e. The SMILES string of the molecule is CCc1cnc(CNC(=NC)NCCCN2CCN(c3ccc(OC)cc3)CC2)s1. The van der Waals surface area contributed by atoms with Gasteiger partial charge in [-0.25, -0.2) is 4.98 Å². The summed E-state index contributed by atoms with van der Waals surface area (Å²) in [6, 6.07) is 8.36. The maximum absolute atomic E-state index is 5.25. The van der Waals surface area contributed by atoms with Crippen molar-refractivity contribution < 1.29 is 4.74 Å². The van der Waals surface area contributed by atoms with Crippen molar-refractivity contribution in [3.8, 4) is 5.75 Å². The molecule has 164 valence electrons. The Morgan fingerprint density at radius 1 is 1.17 bits per heavy atom. The Morgan fingerprint density at radius 3 is 2.57 bits per heavy atom. The Labute approximate surface area is 184 Å². The fraction of sp³-hybridized carbons (Fsp3) is 0.545. The second kappa shape index (κ2) is 11.8. The number of methoxy groups -OCH3 is 1. The summed E-state index contributed by atoms with van der Waals surface area (Å²) in [5.41, 5.74) is 1.28. The van der Waals surface area contributed by atoms with Gasteiger partial charge in [-0.1, -0.05) is 6.92 Å². The molecule has 30 heavy (non-hydrogen) atoms. The lowest BCUT2D eigenvalue weighted by atomic mass is 10.2. The van der Waals surface area contributed by atoms with E-state index >= 15 is 0 Å². The van der Waals surface area contributed by atoms with Crippen LogP contribution in [0.1, 0.15) is 23.2 Å². The normalized spacial score (nSPS) is 15.3. The van der Waals surface area contributed by atoms with Crippen LogP contribution < -0.4 is 20.3 Å². The molecule has 1 aliphatic rings. The summed E-state index contributed by atoms with van der Waals surface area (Å²) in [7, 11) is 3.52. The lowest BCUT2D eigenvalue weighted by Crippen LogP contribution is -2.47. The minimum Gasteiger partial charge on any atom is -0.497 e. The van der Waals surface area contributed by atoms with E-state index in [0.717, 1.165) is 75.4 Å². The van der Waals surface area contributed by atoms with E-state index in [9.17, 15) is 0 Å². The van der Waals surface area contributed by atoms with Gasteiger partial charge in [0, 0.05) is 56.5 Å². The van der Waals surface area contributed by atoms with Crippen LogP contribution in [0, 0.1) is 0 Å². The number of nitrogens with one attached hydrogen (secondary N) is 2. The van der Waals surface area contributed by atoms with Crippen LogP contribution in [0.5, 0.6) is 5.75 Å². The first-order chi connectivity index (χ1) is 14.7. The number of piperazine rings is 1. The third-order valence-electron chi connectivity index (χ3n) is 5.33. The van der Waals surface area contributed by atoms with Crippen LogP contribution in [0.3, 0.4) is 0 Å². The summed E-state index contributed by atoms with van der Waals surface area (Å²) >= 11 is 1.76. The first kappa shape index (κ1) is 22.4. The van der Waals surface area contributed by atoms with Crippen molar-refractivity contribution in [2.75, 3.05) is 58.3 Å². The second-order valence-corrected chi connectivity index (χ2v) is 8.51. The van der Waals surface area contributed by atoms with Gasteiger partial charge in [0.25, 0.3) is 0 Å². The molecular weight excluding hydrogens is 396 g/mol. The average Bonchev–Trinajstić information content (AvgIpc) is 3.27. The molecule has 2 aromatic rings. The number of rotatable bonds is 9. The molecule has 8 heteroatoms. The molecule has 0 radical (unpaired) electrons. The van der Waals surface area contributed by atoms with E-state index in [-0.39, 0.29) is 0 Å². The maximum atomic E-state index is 5.25. The second-order valence-electron chi connectivity index (χ2n) is 7.31. The van der Waals surface area contributed by atoms with Gasteiger partial charge in [0.15, 0.2) is 5.96 Å². The number of aliphatic imine (C=N–C) groups is 1. The van der Waals surface area contributed by atoms with Crippen molar-refractivity contribution in [2.45, 2.75) is 26.3 Å². The number of guanidine groups is 1. The van der Waals surface area contributed by atoms with Crippen molar-refractivity contribution in [2.24, 2.45) is 4.99 Å². The van der Waals surface area contributed by atoms with Crippen molar-refractivity contribution in [3.05, 3.63) is 40.3 Å². The molecule has 0 spiro atoms. The van der Waals surface area contributed by atoms with Crippen LogP contribution in [0.25, 0.3) is 0 Å². The van der Waals surface area contributed by atoms with Crippen molar-refractivity contribution >= 4 is 23.0 Å². The molecular formula is C22H34N6OS. The molecule has 2 N–H and O–H groups in total. The highest BCUT2D eigenvalue weighted by Gasteiger charge is 2.16. The molecule has 1 aliphatic heterocycles. The van der Waals surface area contributed by atoms with Crippen LogP contribution in [0.2, 0.25) is 0 Å². The van der Waals surface area contributed by atoms with E-state index in [1.165, 1.54) is 10.6 Å². The smallest absolute Gasteiger partial charge is 0.191 e. The van der Waals surface area contributed by atoms with Crippen LogP contribution in [-0.2, 0) is 13.0 Å². The lowest BCUT2D eigenvalue weighted by molar-refractivity contribution is 0.255. The number of benzene rings is 1. The number of thiazole rings is 1. The van der Waals surface area contributed by atoms with Gasteiger partial charge in [-0.15, -0.1) is 11.3 Å². The number of ether oxygens (including phenoxy) is 1. The van der Waals surface area contributed by atoms with Gasteiger partial charge in [0.2, 0.25) is 0 Å². The number of hydrogen-bond donors (Lipinski definition) is 2. The first-order valence-corrected chi connectivity index (χ1v) is 11.5. The molecule has 1 saturated heterocycles. The molecule has 0 aliphatic carbocycles. The van der Waals surface area contributed by atoms with E-state index in [0.29, 0.717) is 0 Å². The first-order valence-electron chi connectivity index (χ1n) is 10.7. The summed E-state index contributed by atoms with van der Waals surface area (Å²) in [6.07, 6.45) is 4.10. The zero-order valence-electron chi connectivity index (χ0n) is 18.4. The third kappa shape index (κ3) is 6.60. The predicted molar refractivity (Wildman–Crippen MR) is 126 cm³/mol. The molecule has 0 saturated carbocycles. The Balaban J connectivity index is 1.30. The van der Waals surface area contributed by atoms with Crippen LogP contribution in [-0.4, -0.2) is 69.3 Å².